The lowest BCUT2D eigenvalue weighted by Crippen LogP contribution is -2.04. The summed E-state index contributed by atoms with van der Waals surface area (Å²) in [7, 11) is 0. The van der Waals surface area contributed by atoms with Crippen LogP contribution in [0.4, 0.5) is 15.9 Å². The predicted molar refractivity (Wildman–Crippen MR) is 96.2 cm³/mol. The van der Waals surface area contributed by atoms with Crippen molar-refractivity contribution in [3.63, 3.8) is 0 Å². The summed E-state index contributed by atoms with van der Waals surface area (Å²) < 4.78 is 16.5. The minimum Gasteiger partial charge on any atom is -0.347 e. The number of nitrogens with zero attached hydrogens (tertiary/aromatic N) is 3. The van der Waals surface area contributed by atoms with E-state index in [-0.39, 0.29) is 11.7 Å². The van der Waals surface area contributed by atoms with Crippen molar-refractivity contribution < 1.29 is 4.39 Å². The number of hydrogen-bond acceptors (Lipinski definition) is 3. The monoisotopic (exact) mass is 326 g/mol. The van der Waals surface area contributed by atoms with E-state index in [1.165, 1.54) is 6.20 Å². The van der Waals surface area contributed by atoms with Gasteiger partial charge in [-0.3, -0.25) is 4.98 Å². The van der Waals surface area contributed by atoms with Crippen molar-refractivity contribution in [2.75, 3.05) is 5.32 Å². The van der Waals surface area contributed by atoms with Crippen LogP contribution in [0.1, 0.15) is 45.1 Å². The van der Waals surface area contributed by atoms with Gasteiger partial charge in [-0.05, 0) is 30.0 Å². The molecule has 0 aromatic carbocycles. The third-order valence-electron chi connectivity index (χ3n) is 4.24. The molecule has 0 radical (unpaired) electrons. The Bertz CT molecular complexity index is 838. The average molecular weight is 326 g/mol. The summed E-state index contributed by atoms with van der Waals surface area (Å²) in [6.07, 6.45) is 9.06. The molecule has 3 rings (SSSR count). The summed E-state index contributed by atoms with van der Waals surface area (Å²) in [4.78, 5) is 8.39. The highest BCUT2D eigenvalue weighted by Gasteiger charge is 2.15. The molecule has 0 aliphatic carbocycles. The summed E-state index contributed by atoms with van der Waals surface area (Å²) in [6, 6.07) is 4.04. The van der Waals surface area contributed by atoms with Gasteiger partial charge in [-0.2, -0.15) is 0 Å². The molecule has 24 heavy (non-hydrogen) atoms. The van der Waals surface area contributed by atoms with E-state index in [9.17, 15) is 4.39 Å². The van der Waals surface area contributed by atoms with Crippen LogP contribution in [0.25, 0.3) is 10.9 Å². The molecule has 1 N–H and O–H groups in total. The second kappa shape index (κ2) is 6.99. The molecule has 126 valence electrons. The smallest absolute Gasteiger partial charge is 0.165 e. The van der Waals surface area contributed by atoms with Gasteiger partial charge in [0.05, 0.1) is 17.4 Å². The molecular weight excluding hydrogens is 303 g/mol. The van der Waals surface area contributed by atoms with Crippen molar-refractivity contribution in [3.05, 3.63) is 48.3 Å². The van der Waals surface area contributed by atoms with Gasteiger partial charge in [0.2, 0.25) is 0 Å². The van der Waals surface area contributed by atoms with Gasteiger partial charge in [0.1, 0.15) is 5.82 Å². The van der Waals surface area contributed by atoms with Gasteiger partial charge in [-0.25, -0.2) is 9.37 Å². The highest BCUT2D eigenvalue weighted by Crippen LogP contribution is 2.31. The largest absolute Gasteiger partial charge is 0.347 e. The summed E-state index contributed by atoms with van der Waals surface area (Å²) in [5.41, 5.74) is 2.42. The van der Waals surface area contributed by atoms with E-state index < -0.39 is 0 Å². The molecule has 0 aliphatic rings. The number of rotatable bonds is 6. The highest BCUT2D eigenvalue weighted by molar-refractivity contribution is 5.92. The second-order valence-electron chi connectivity index (χ2n) is 6.32. The summed E-state index contributed by atoms with van der Waals surface area (Å²) in [6.45, 7) is 7.21. The van der Waals surface area contributed by atoms with Crippen LogP contribution in [0.5, 0.6) is 0 Å². The number of hydrogen-bond donors (Lipinski definition) is 1. The zero-order chi connectivity index (χ0) is 17.1. The lowest BCUT2D eigenvalue weighted by atomic mass is 10.0. The van der Waals surface area contributed by atoms with Crippen molar-refractivity contribution in [1.82, 2.24) is 14.5 Å². The first kappa shape index (κ1) is 16.4. The normalized spacial score (nSPS) is 11.4. The molecule has 3 heterocycles. The number of anilines is 2. The van der Waals surface area contributed by atoms with E-state index in [0.717, 1.165) is 35.9 Å². The molecule has 0 amide bonds. The number of aromatic nitrogens is 3. The Morgan fingerprint density at radius 3 is 2.83 bits per heavy atom. The van der Waals surface area contributed by atoms with E-state index in [1.807, 2.05) is 26.0 Å². The molecule has 0 saturated carbocycles. The van der Waals surface area contributed by atoms with Gasteiger partial charge < -0.3 is 9.88 Å². The van der Waals surface area contributed by atoms with Crippen molar-refractivity contribution in [2.24, 2.45) is 0 Å². The first-order valence-electron chi connectivity index (χ1n) is 8.46. The SMILES string of the molecule is CCCCn1ccc2c(Nc3c(F)cncc3C(C)C)nccc21. The van der Waals surface area contributed by atoms with Gasteiger partial charge in [0.15, 0.2) is 5.82 Å². The van der Waals surface area contributed by atoms with E-state index in [0.29, 0.717) is 11.5 Å². The van der Waals surface area contributed by atoms with Gasteiger partial charge in [0.25, 0.3) is 0 Å². The standard InChI is InChI=1S/C19H23FN4/c1-4-5-9-24-10-7-14-17(24)6-8-22-19(14)23-18-15(13(2)3)11-21-12-16(18)20/h6-8,10-13H,4-5,9H2,1-3H3,(H,21,22,23). The maximum Gasteiger partial charge on any atom is 0.165 e. The Balaban J connectivity index is 2.01. The molecule has 0 saturated heterocycles. The Morgan fingerprint density at radius 2 is 2.08 bits per heavy atom. The minimum absolute atomic E-state index is 0.170. The number of nitrogens with one attached hydrogen (secondary N) is 1. The van der Waals surface area contributed by atoms with Crippen LogP contribution in [-0.2, 0) is 6.54 Å². The molecule has 3 aromatic heterocycles. The topological polar surface area (TPSA) is 42.7 Å². The summed E-state index contributed by atoms with van der Waals surface area (Å²) in [5.74, 6) is 0.490. The molecule has 0 bridgehead atoms. The number of aryl methyl sites for hydroxylation is 1. The maximum absolute atomic E-state index is 14.3. The third-order valence-corrected chi connectivity index (χ3v) is 4.24. The lowest BCUT2D eigenvalue weighted by Gasteiger charge is -2.15. The van der Waals surface area contributed by atoms with E-state index in [2.05, 4.69) is 33.0 Å². The van der Waals surface area contributed by atoms with Crippen LogP contribution in [0.15, 0.2) is 36.9 Å². The van der Waals surface area contributed by atoms with Crippen molar-refractivity contribution in [1.29, 1.82) is 0 Å². The second-order valence-corrected chi connectivity index (χ2v) is 6.32. The van der Waals surface area contributed by atoms with Crippen LogP contribution < -0.4 is 5.32 Å². The Labute approximate surface area is 141 Å². The number of unbranched alkanes of at least 4 members (excludes halogenated alkanes) is 1. The molecular formula is C19H23FN4. The zero-order valence-electron chi connectivity index (χ0n) is 14.4. The third kappa shape index (κ3) is 3.11. The summed E-state index contributed by atoms with van der Waals surface area (Å²) >= 11 is 0. The van der Waals surface area contributed by atoms with Gasteiger partial charge >= 0.3 is 0 Å². The average Bonchev–Trinajstić information content (AvgIpc) is 2.98. The molecule has 0 unspecified atom stereocenters. The number of fused-ring (bicyclic) bond motifs is 1. The van der Waals surface area contributed by atoms with Crippen LogP contribution in [-0.4, -0.2) is 14.5 Å². The number of halogens is 1. The quantitative estimate of drug-likeness (QED) is 0.674. The van der Waals surface area contributed by atoms with Crippen molar-refractivity contribution in [3.8, 4) is 0 Å². The van der Waals surface area contributed by atoms with Gasteiger partial charge in [0, 0.05) is 30.5 Å². The fourth-order valence-electron chi connectivity index (χ4n) is 2.88. The zero-order valence-corrected chi connectivity index (χ0v) is 14.4. The van der Waals surface area contributed by atoms with Crippen LogP contribution in [0.3, 0.4) is 0 Å². The van der Waals surface area contributed by atoms with Crippen LogP contribution >= 0.6 is 0 Å². The Kier molecular flexibility index (Phi) is 4.79. The van der Waals surface area contributed by atoms with E-state index in [1.54, 1.807) is 12.4 Å². The molecule has 0 atom stereocenters. The van der Waals surface area contributed by atoms with Crippen LogP contribution in [0.2, 0.25) is 0 Å². The van der Waals surface area contributed by atoms with Crippen molar-refractivity contribution >= 4 is 22.4 Å². The van der Waals surface area contributed by atoms with E-state index in [4.69, 9.17) is 0 Å². The molecule has 0 aliphatic heterocycles. The fourth-order valence-corrected chi connectivity index (χ4v) is 2.88. The first-order chi connectivity index (χ1) is 11.6. The minimum atomic E-state index is -0.356. The molecule has 5 heteroatoms. The molecule has 4 nitrogen and oxygen atoms in total. The van der Waals surface area contributed by atoms with Crippen LogP contribution in [0, 0.1) is 5.82 Å². The Morgan fingerprint density at radius 1 is 1.25 bits per heavy atom. The predicted octanol–water partition coefficient (Wildman–Crippen LogP) is 5.24. The molecule has 3 aromatic rings. The number of pyridine rings is 2. The van der Waals surface area contributed by atoms with Crippen molar-refractivity contribution in [2.45, 2.75) is 46.1 Å². The lowest BCUT2D eigenvalue weighted by molar-refractivity contribution is 0.620. The summed E-state index contributed by atoms with van der Waals surface area (Å²) in [5, 5.41) is 4.19. The highest BCUT2D eigenvalue weighted by atomic mass is 19.1. The Hall–Kier alpha value is -2.43. The van der Waals surface area contributed by atoms with Gasteiger partial charge in [-0.15, -0.1) is 0 Å². The fraction of sp³-hybridized carbons (Fsp3) is 0.368. The van der Waals surface area contributed by atoms with Gasteiger partial charge in [-0.1, -0.05) is 27.2 Å². The molecule has 0 fully saturated rings. The first-order valence-corrected chi connectivity index (χ1v) is 8.46. The maximum atomic E-state index is 14.3. The molecule has 0 spiro atoms. The van der Waals surface area contributed by atoms with E-state index >= 15 is 0 Å².